The van der Waals surface area contributed by atoms with E-state index in [1.54, 1.807) is 12.1 Å². The van der Waals surface area contributed by atoms with Crippen molar-refractivity contribution in [2.45, 2.75) is 19.4 Å². The van der Waals surface area contributed by atoms with Gasteiger partial charge in [-0.05, 0) is 30.5 Å². The summed E-state index contributed by atoms with van der Waals surface area (Å²) in [6, 6.07) is 9.48. The minimum Gasteiger partial charge on any atom is -0.342 e. The third kappa shape index (κ3) is 3.31. The van der Waals surface area contributed by atoms with Gasteiger partial charge in [-0.2, -0.15) is 5.26 Å². The van der Waals surface area contributed by atoms with Gasteiger partial charge in [0.25, 0.3) is 0 Å². The molecule has 1 aromatic carbocycles. The van der Waals surface area contributed by atoms with Crippen LogP contribution in [-0.4, -0.2) is 30.4 Å². The fourth-order valence-corrected chi connectivity index (χ4v) is 2.09. The number of carbonyl (C=O) groups is 1. The Morgan fingerprint density at radius 1 is 1.28 bits per heavy atom. The molecule has 1 aliphatic rings. The number of amides is 1. The van der Waals surface area contributed by atoms with Gasteiger partial charge >= 0.3 is 0 Å². The zero-order valence-electron chi connectivity index (χ0n) is 10.4. The second-order valence-electron chi connectivity index (χ2n) is 4.50. The molecule has 1 heterocycles. The number of carbonyl (C=O) groups excluding carboxylic acids is 1. The van der Waals surface area contributed by atoms with Gasteiger partial charge in [-0.1, -0.05) is 12.1 Å². The van der Waals surface area contributed by atoms with Crippen molar-refractivity contribution in [3.63, 3.8) is 0 Å². The molecule has 1 N–H and O–H groups in total. The van der Waals surface area contributed by atoms with E-state index < -0.39 is 0 Å². The predicted molar refractivity (Wildman–Crippen MR) is 68.7 cm³/mol. The second kappa shape index (κ2) is 6.18. The van der Waals surface area contributed by atoms with Crippen molar-refractivity contribution in [2.75, 3.05) is 19.6 Å². The normalized spacial score (nSPS) is 14.5. The van der Waals surface area contributed by atoms with Crippen LogP contribution in [0.5, 0.6) is 0 Å². The molecule has 0 aromatic heterocycles. The molecule has 1 saturated heterocycles. The Morgan fingerprint density at radius 2 is 1.94 bits per heavy atom. The van der Waals surface area contributed by atoms with Crippen molar-refractivity contribution in [1.82, 2.24) is 10.2 Å². The molecule has 0 radical (unpaired) electrons. The van der Waals surface area contributed by atoms with E-state index in [-0.39, 0.29) is 5.91 Å². The maximum Gasteiger partial charge on any atom is 0.236 e. The largest absolute Gasteiger partial charge is 0.342 e. The third-order valence-electron chi connectivity index (χ3n) is 3.15. The van der Waals surface area contributed by atoms with Crippen LogP contribution in [0.1, 0.15) is 24.0 Å². The Labute approximate surface area is 107 Å². The van der Waals surface area contributed by atoms with Crippen molar-refractivity contribution in [1.29, 1.82) is 5.26 Å². The summed E-state index contributed by atoms with van der Waals surface area (Å²) >= 11 is 0. The van der Waals surface area contributed by atoms with Crippen molar-refractivity contribution in [2.24, 2.45) is 0 Å². The molecule has 18 heavy (non-hydrogen) atoms. The van der Waals surface area contributed by atoms with Crippen molar-refractivity contribution < 1.29 is 4.79 Å². The lowest BCUT2D eigenvalue weighted by atomic mass is 10.1. The van der Waals surface area contributed by atoms with Gasteiger partial charge in [0, 0.05) is 19.6 Å². The first-order valence-electron chi connectivity index (χ1n) is 6.27. The standard InChI is InChI=1S/C14H17N3O/c15-9-12-3-5-13(6-4-12)10-16-11-14(18)17-7-1-2-8-17/h3-6,16H,1-2,7-8,10-11H2. The highest BCUT2D eigenvalue weighted by atomic mass is 16.2. The van der Waals surface area contributed by atoms with Crippen LogP contribution in [0.2, 0.25) is 0 Å². The van der Waals surface area contributed by atoms with Gasteiger partial charge in [-0.3, -0.25) is 4.79 Å². The predicted octanol–water partition coefficient (Wildman–Crippen LogP) is 1.27. The monoisotopic (exact) mass is 243 g/mol. The lowest BCUT2D eigenvalue weighted by Crippen LogP contribution is -2.35. The van der Waals surface area contributed by atoms with E-state index in [4.69, 9.17) is 5.26 Å². The van der Waals surface area contributed by atoms with Crippen molar-refractivity contribution in [3.05, 3.63) is 35.4 Å². The molecule has 4 heteroatoms. The number of rotatable bonds is 4. The molecule has 0 unspecified atom stereocenters. The molecule has 0 atom stereocenters. The number of hydrogen-bond donors (Lipinski definition) is 1. The maximum atomic E-state index is 11.8. The fraction of sp³-hybridized carbons (Fsp3) is 0.429. The average molecular weight is 243 g/mol. The topological polar surface area (TPSA) is 56.1 Å². The molecular formula is C14H17N3O. The molecule has 0 aliphatic carbocycles. The molecule has 2 rings (SSSR count). The lowest BCUT2D eigenvalue weighted by molar-refractivity contribution is -0.129. The Hall–Kier alpha value is -1.86. The summed E-state index contributed by atoms with van der Waals surface area (Å²) in [4.78, 5) is 13.7. The van der Waals surface area contributed by atoms with Gasteiger partial charge in [0.2, 0.25) is 5.91 Å². The molecule has 0 spiro atoms. The van der Waals surface area contributed by atoms with Crippen molar-refractivity contribution >= 4 is 5.91 Å². The van der Waals surface area contributed by atoms with Crippen LogP contribution in [0.3, 0.4) is 0 Å². The number of benzene rings is 1. The van der Waals surface area contributed by atoms with E-state index in [2.05, 4.69) is 11.4 Å². The van der Waals surface area contributed by atoms with E-state index in [9.17, 15) is 4.79 Å². The third-order valence-corrected chi connectivity index (χ3v) is 3.15. The highest BCUT2D eigenvalue weighted by Crippen LogP contribution is 2.07. The Balaban J connectivity index is 1.74. The van der Waals surface area contributed by atoms with Crippen LogP contribution in [0, 0.1) is 11.3 Å². The zero-order chi connectivity index (χ0) is 12.8. The fourth-order valence-electron chi connectivity index (χ4n) is 2.09. The second-order valence-corrected chi connectivity index (χ2v) is 4.50. The molecule has 0 saturated carbocycles. The van der Waals surface area contributed by atoms with Crippen LogP contribution in [0.25, 0.3) is 0 Å². The molecule has 1 aliphatic heterocycles. The maximum absolute atomic E-state index is 11.8. The molecule has 1 aromatic rings. The van der Waals surface area contributed by atoms with Crippen LogP contribution < -0.4 is 5.32 Å². The Kier molecular flexibility index (Phi) is 4.32. The molecule has 0 bridgehead atoms. The smallest absolute Gasteiger partial charge is 0.236 e. The average Bonchev–Trinajstić information content (AvgIpc) is 2.93. The minimum atomic E-state index is 0.182. The van der Waals surface area contributed by atoms with Crippen LogP contribution in [0.15, 0.2) is 24.3 Å². The van der Waals surface area contributed by atoms with E-state index in [1.807, 2.05) is 17.0 Å². The Morgan fingerprint density at radius 3 is 2.56 bits per heavy atom. The highest BCUT2D eigenvalue weighted by molar-refractivity contribution is 5.78. The van der Waals surface area contributed by atoms with Gasteiger partial charge < -0.3 is 10.2 Å². The summed E-state index contributed by atoms with van der Waals surface area (Å²) < 4.78 is 0. The highest BCUT2D eigenvalue weighted by Gasteiger charge is 2.16. The van der Waals surface area contributed by atoms with Gasteiger partial charge in [0.1, 0.15) is 0 Å². The SMILES string of the molecule is N#Cc1ccc(CNCC(=O)N2CCCC2)cc1. The quantitative estimate of drug-likeness (QED) is 0.866. The van der Waals surface area contributed by atoms with Gasteiger partial charge in [0.05, 0.1) is 18.2 Å². The number of nitriles is 1. The van der Waals surface area contributed by atoms with Crippen molar-refractivity contribution in [3.8, 4) is 6.07 Å². The summed E-state index contributed by atoms with van der Waals surface area (Å²) in [5, 5.41) is 11.8. The summed E-state index contributed by atoms with van der Waals surface area (Å²) in [7, 11) is 0. The Bertz CT molecular complexity index is 441. The van der Waals surface area contributed by atoms with Crippen LogP contribution in [-0.2, 0) is 11.3 Å². The summed E-state index contributed by atoms with van der Waals surface area (Å²) in [5.41, 5.74) is 1.75. The first kappa shape index (κ1) is 12.6. The van der Waals surface area contributed by atoms with Gasteiger partial charge in [-0.15, -0.1) is 0 Å². The molecule has 94 valence electrons. The summed E-state index contributed by atoms with van der Waals surface area (Å²) in [6.07, 6.45) is 2.25. The number of likely N-dealkylation sites (tertiary alicyclic amines) is 1. The van der Waals surface area contributed by atoms with Crippen LogP contribution >= 0.6 is 0 Å². The first-order chi connectivity index (χ1) is 8.79. The molecule has 1 fully saturated rings. The summed E-state index contributed by atoms with van der Waals surface area (Å²) in [6.45, 7) is 2.85. The zero-order valence-corrected chi connectivity index (χ0v) is 10.4. The number of nitrogens with zero attached hydrogens (tertiary/aromatic N) is 2. The molecule has 1 amide bonds. The van der Waals surface area contributed by atoms with E-state index in [0.29, 0.717) is 18.7 Å². The number of nitrogens with one attached hydrogen (secondary N) is 1. The molecule has 4 nitrogen and oxygen atoms in total. The number of hydrogen-bond acceptors (Lipinski definition) is 3. The van der Waals surface area contributed by atoms with Gasteiger partial charge in [0.15, 0.2) is 0 Å². The lowest BCUT2D eigenvalue weighted by Gasteiger charge is -2.15. The minimum absolute atomic E-state index is 0.182. The van der Waals surface area contributed by atoms with E-state index in [0.717, 1.165) is 31.5 Å². The van der Waals surface area contributed by atoms with Crippen LogP contribution in [0.4, 0.5) is 0 Å². The first-order valence-corrected chi connectivity index (χ1v) is 6.27. The van der Waals surface area contributed by atoms with E-state index >= 15 is 0 Å². The summed E-state index contributed by atoms with van der Waals surface area (Å²) in [5.74, 6) is 0.182. The van der Waals surface area contributed by atoms with E-state index in [1.165, 1.54) is 0 Å². The van der Waals surface area contributed by atoms with Gasteiger partial charge in [-0.25, -0.2) is 0 Å². The molecular weight excluding hydrogens is 226 g/mol.